The monoisotopic (exact) mass is 475 g/mol. The van der Waals surface area contributed by atoms with Gasteiger partial charge in [-0.2, -0.15) is 5.10 Å². The maximum atomic E-state index is 13.9. The van der Waals surface area contributed by atoms with Crippen molar-refractivity contribution < 1.29 is 9.53 Å². The van der Waals surface area contributed by atoms with Crippen molar-refractivity contribution in [3.63, 3.8) is 0 Å². The van der Waals surface area contributed by atoms with Gasteiger partial charge in [0.05, 0.1) is 46.6 Å². The van der Waals surface area contributed by atoms with Crippen molar-refractivity contribution in [2.24, 2.45) is 0 Å². The zero-order valence-electron chi connectivity index (χ0n) is 19.8. The molecule has 0 N–H and O–H groups in total. The molecule has 0 aliphatic carbocycles. The molecule has 1 aliphatic heterocycles. The Kier molecular flexibility index (Phi) is 6.45. The Hall–Kier alpha value is -3.07. The Morgan fingerprint density at radius 2 is 1.85 bits per heavy atom. The first-order valence-electron chi connectivity index (χ1n) is 11.6. The number of hydrogen-bond acceptors (Lipinski definition) is 6. The van der Waals surface area contributed by atoms with Gasteiger partial charge in [0, 0.05) is 26.2 Å². The highest BCUT2D eigenvalue weighted by Gasteiger charge is 2.26. The fraction of sp³-hybridized carbons (Fsp3) is 0.346. The molecule has 0 unspecified atom stereocenters. The number of aromatic nitrogens is 3. The summed E-state index contributed by atoms with van der Waals surface area (Å²) in [5, 5.41) is 5.26. The molecule has 0 radical (unpaired) electrons. The third kappa shape index (κ3) is 4.36. The molecule has 1 amide bonds. The van der Waals surface area contributed by atoms with Crippen molar-refractivity contribution in [3.8, 4) is 5.69 Å². The van der Waals surface area contributed by atoms with Gasteiger partial charge in [-0.25, -0.2) is 9.67 Å². The summed E-state index contributed by atoms with van der Waals surface area (Å²) >= 11 is 1.57. The summed E-state index contributed by atoms with van der Waals surface area (Å²) in [6.45, 7) is 10.7. The van der Waals surface area contributed by atoms with Crippen LogP contribution in [0.15, 0.2) is 48.7 Å². The molecular formula is C26H29N5O2S. The van der Waals surface area contributed by atoms with Gasteiger partial charge in [-0.1, -0.05) is 35.6 Å². The van der Waals surface area contributed by atoms with Crippen molar-refractivity contribution in [2.75, 3.05) is 44.3 Å². The SMILES string of the molecule is Cc1ccc2sc(N(CCN3CCOCC3)C(=O)c3cnn(-c4ccccc4)c3C)nc2c1C. The van der Waals surface area contributed by atoms with Crippen molar-refractivity contribution in [1.29, 1.82) is 0 Å². The summed E-state index contributed by atoms with van der Waals surface area (Å²) in [7, 11) is 0. The number of morpholine rings is 1. The number of hydrogen-bond donors (Lipinski definition) is 0. The summed E-state index contributed by atoms with van der Waals surface area (Å²) in [6.07, 6.45) is 1.68. The summed E-state index contributed by atoms with van der Waals surface area (Å²) < 4.78 is 8.40. The number of benzene rings is 2. The molecule has 2 aromatic heterocycles. The average Bonchev–Trinajstić information content (AvgIpc) is 3.47. The Morgan fingerprint density at radius 3 is 2.62 bits per heavy atom. The molecule has 0 spiro atoms. The van der Waals surface area contributed by atoms with E-state index in [0.29, 0.717) is 12.1 Å². The third-order valence-electron chi connectivity index (χ3n) is 6.53. The highest BCUT2D eigenvalue weighted by atomic mass is 32.1. The van der Waals surface area contributed by atoms with Gasteiger partial charge in [0.15, 0.2) is 5.13 Å². The van der Waals surface area contributed by atoms with Crippen LogP contribution in [-0.2, 0) is 4.74 Å². The summed E-state index contributed by atoms with van der Waals surface area (Å²) in [5.74, 6) is -0.0682. The van der Waals surface area contributed by atoms with Crippen molar-refractivity contribution >= 4 is 32.6 Å². The van der Waals surface area contributed by atoms with Gasteiger partial charge in [-0.3, -0.25) is 14.6 Å². The second-order valence-electron chi connectivity index (χ2n) is 8.65. The first kappa shape index (κ1) is 22.7. The number of fused-ring (bicyclic) bond motifs is 1. The van der Waals surface area contributed by atoms with E-state index in [0.717, 1.165) is 65.1 Å². The molecule has 176 valence electrons. The molecule has 8 heteroatoms. The number of carbonyl (C=O) groups excluding carboxylic acids is 1. The fourth-order valence-corrected chi connectivity index (χ4v) is 5.32. The quantitative estimate of drug-likeness (QED) is 0.414. The number of rotatable bonds is 6. The van der Waals surface area contributed by atoms with Gasteiger partial charge in [-0.05, 0) is 50.1 Å². The van der Waals surface area contributed by atoms with Crippen molar-refractivity contribution in [3.05, 3.63) is 71.0 Å². The normalized spacial score (nSPS) is 14.6. The van der Waals surface area contributed by atoms with Crippen LogP contribution in [0.2, 0.25) is 0 Å². The second kappa shape index (κ2) is 9.66. The first-order valence-corrected chi connectivity index (χ1v) is 12.4. The van der Waals surface area contributed by atoms with Crippen molar-refractivity contribution in [1.82, 2.24) is 19.7 Å². The van der Waals surface area contributed by atoms with Crippen LogP contribution in [0, 0.1) is 20.8 Å². The van der Waals surface area contributed by atoms with E-state index < -0.39 is 0 Å². The summed E-state index contributed by atoms with van der Waals surface area (Å²) in [6, 6.07) is 14.1. The van der Waals surface area contributed by atoms with E-state index in [4.69, 9.17) is 9.72 Å². The predicted molar refractivity (Wildman–Crippen MR) is 136 cm³/mol. The first-order chi connectivity index (χ1) is 16.5. The lowest BCUT2D eigenvalue weighted by molar-refractivity contribution is 0.0391. The van der Waals surface area contributed by atoms with E-state index in [2.05, 4.69) is 36.0 Å². The molecule has 0 atom stereocenters. The number of nitrogens with zero attached hydrogens (tertiary/aromatic N) is 5. The van der Waals surface area contributed by atoms with Gasteiger partial charge in [0.25, 0.3) is 5.91 Å². The van der Waals surface area contributed by atoms with Crippen LogP contribution in [0.3, 0.4) is 0 Å². The Labute approximate surface area is 203 Å². The molecule has 7 nitrogen and oxygen atoms in total. The van der Waals surface area contributed by atoms with E-state index in [1.807, 2.05) is 46.8 Å². The van der Waals surface area contributed by atoms with Crippen molar-refractivity contribution in [2.45, 2.75) is 20.8 Å². The molecule has 3 heterocycles. The molecule has 0 saturated carbocycles. The minimum atomic E-state index is -0.0682. The Morgan fingerprint density at radius 1 is 1.09 bits per heavy atom. The largest absolute Gasteiger partial charge is 0.379 e. The smallest absolute Gasteiger partial charge is 0.263 e. The Bertz CT molecular complexity index is 1310. The number of para-hydroxylation sites is 1. The van der Waals surface area contributed by atoms with Gasteiger partial charge in [-0.15, -0.1) is 0 Å². The van der Waals surface area contributed by atoms with Crippen LogP contribution in [0.25, 0.3) is 15.9 Å². The lowest BCUT2D eigenvalue weighted by Crippen LogP contribution is -2.43. The molecule has 5 rings (SSSR count). The Balaban J connectivity index is 1.50. The number of carbonyl (C=O) groups is 1. The zero-order chi connectivity index (χ0) is 23.7. The lowest BCUT2D eigenvalue weighted by atomic mass is 10.1. The molecule has 34 heavy (non-hydrogen) atoms. The number of ether oxygens (including phenoxy) is 1. The van der Waals surface area contributed by atoms with Gasteiger partial charge in [0.1, 0.15) is 0 Å². The standard InChI is InChI=1S/C26H29N5O2S/c1-18-9-10-23-24(19(18)2)28-26(34-23)30(12-11-29-13-15-33-16-14-29)25(32)22-17-27-31(20(22)3)21-7-5-4-6-8-21/h4-10,17H,11-16H2,1-3H3. The molecular weight excluding hydrogens is 446 g/mol. The van der Waals surface area contributed by atoms with E-state index in [1.165, 1.54) is 5.56 Å². The molecule has 1 saturated heterocycles. The maximum absolute atomic E-state index is 13.9. The molecule has 1 aliphatic rings. The minimum absolute atomic E-state index is 0.0682. The fourth-order valence-electron chi connectivity index (χ4n) is 4.27. The minimum Gasteiger partial charge on any atom is -0.379 e. The van der Waals surface area contributed by atoms with Crippen LogP contribution in [0.1, 0.15) is 27.2 Å². The summed E-state index contributed by atoms with van der Waals surface area (Å²) in [5.41, 5.74) is 5.69. The van der Waals surface area contributed by atoms with Gasteiger partial charge in [0.2, 0.25) is 0 Å². The van der Waals surface area contributed by atoms with Crippen LogP contribution in [0.4, 0.5) is 5.13 Å². The van der Waals surface area contributed by atoms with Crippen LogP contribution >= 0.6 is 11.3 Å². The van der Waals surface area contributed by atoms with E-state index in [1.54, 1.807) is 17.5 Å². The van der Waals surface area contributed by atoms with Gasteiger partial charge >= 0.3 is 0 Å². The zero-order valence-corrected chi connectivity index (χ0v) is 20.6. The third-order valence-corrected chi connectivity index (χ3v) is 7.58. The number of amides is 1. The molecule has 2 aromatic carbocycles. The highest BCUT2D eigenvalue weighted by molar-refractivity contribution is 7.22. The number of thiazole rings is 1. The highest BCUT2D eigenvalue weighted by Crippen LogP contribution is 2.33. The van der Waals surface area contributed by atoms with Crippen LogP contribution < -0.4 is 4.90 Å². The van der Waals surface area contributed by atoms with Crippen LogP contribution in [0.5, 0.6) is 0 Å². The van der Waals surface area contributed by atoms with Gasteiger partial charge < -0.3 is 4.74 Å². The maximum Gasteiger partial charge on any atom is 0.263 e. The average molecular weight is 476 g/mol. The second-order valence-corrected chi connectivity index (χ2v) is 9.66. The molecule has 1 fully saturated rings. The summed E-state index contributed by atoms with van der Waals surface area (Å²) in [4.78, 5) is 23.0. The van der Waals surface area contributed by atoms with E-state index in [-0.39, 0.29) is 5.91 Å². The van der Waals surface area contributed by atoms with E-state index >= 15 is 0 Å². The van der Waals surface area contributed by atoms with Crippen LogP contribution in [-0.4, -0.2) is 65.0 Å². The molecule has 4 aromatic rings. The number of anilines is 1. The topological polar surface area (TPSA) is 63.5 Å². The molecule has 0 bridgehead atoms. The van der Waals surface area contributed by atoms with E-state index in [9.17, 15) is 4.79 Å². The number of aryl methyl sites for hydroxylation is 2. The predicted octanol–water partition coefficient (Wildman–Crippen LogP) is 4.39. The lowest BCUT2D eigenvalue weighted by Gasteiger charge is -2.29.